The summed E-state index contributed by atoms with van der Waals surface area (Å²) in [6.45, 7) is 0. The first kappa shape index (κ1) is 14.7. The first-order valence-corrected chi connectivity index (χ1v) is 9.38. The molecule has 0 saturated carbocycles. The average molecular weight is 343 g/mol. The van der Waals surface area contributed by atoms with Gasteiger partial charge >= 0.3 is 0 Å². The van der Waals surface area contributed by atoms with Crippen LogP contribution in [0.3, 0.4) is 0 Å². The molecule has 0 saturated heterocycles. The molecule has 27 heavy (non-hydrogen) atoms. The van der Waals surface area contributed by atoms with Gasteiger partial charge in [0.25, 0.3) is 0 Å². The van der Waals surface area contributed by atoms with Gasteiger partial charge in [0, 0.05) is 11.8 Å². The summed E-state index contributed by atoms with van der Waals surface area (Å²) in [5, 5.41) is 5.40. The Hall–Kier alpha value is -3.45. The van der Waals surface area contributed by atoms with Crippen molar-refractivity contribution in [3.05, 3.63) is 102 Å². The summed E-state index contributed by atoms with van der Waals surface area (Å²) >= 11 is 0. The second-order valence-electron chi connectivity index (χ2n) is 7.17. The summed E-state index contributed by atoms with van der Waals surface area (Å²) in [6, 6.07) is 30.4. The summed E-state index contributed by atoms with van der Waals surface area (Å²) in [6.07, 6.45) is 2.84. The summed E-state index contributed by atoms with van der Waals surface area (Å²) in [5.74, 6) is 0. The van der Waals surface area contributed by atoms with E-state index in [1.807, 2.05) is 12.3 Å². The predicted octanol–water partition coefficient (Wildman–Crippen LogP) is 6.63. The molecule has 1 heterocycles. The third-order valence-corrected chi connectivity index (χ3v) is 5.78. The minimum Gasteiger partial charge on any atom is -0.256 e. The quantitative estimate of drug-likeness (QED) is 0.305. The lowest BCUT2D eigenvalue weighted by Gasteiger charge is -2.12. The number of rotatable bonds is 1. The molecule has 0 spiro atoms. The molecule has 1 aliphatic carbocycles. The van der Waals surface area contributed by atoms with Gasteiger partial charge in [-0.1, -0.05) is 72.8 Å². The highest BCUT2D eigenvalue weighted by Crippen LogP contribution is 2.48. The molecule has 0 amide bonds. The summed E-state index contributed by atoms with van der Waals surface area (Å²) in [7, 11) is 0. The maximum absolute atomic E-state index is 4.61. The van der Waals surface area contributed by atoms with Crippen LogP contribution in [0.4, 0.5) is 0 Å². The second kappa shape index (κ2) is 5.52. The number of fused-ring (bicyclic) bond motifs is 8. The van der Waals surface area contributed by atoms with E-state index in [2.05, 4.69) is 83.8 Å². The van der Waals surface area contributed by atoms with Crippen molar-refractivity contribution in [1.29, 1.82) is 0 Å². The van der Waals surface area contributed by atoms with Crippen molar-refractivity contribution < 1.29 is 0 Å². The van der Waals surface area contributed by atoms with E-state index in [0.717, 1.165) is 12.1 Å². The zero-order valence-corrected chi connectivity index (χ0v) is 14.8. The Morgan fingerprint density at radius 1 is 0.519 bits per heavy atom. The molecule has 1 heteroatoms. The van der Waals surface area contributed by atoms with Crippen LogP contribution in [0.2, 0.25) is 0 Å². The van der Waals surface area contributed by atoms with E-state index in [9.17, 15) is 0 Å². The van der Waals surface area contributed by atoms with Gasteiger partial charge in [-0.2, -0.15) is 0 Å². The van der Waals surface area contributed by atoms with Crippen molar-refractivity contribution in [3.63, 3.8) is 0 Å². The fourth-order valence-corrected chi connectivity index (χ4v) is 4.66. The zero-order valence-electron chi connectivity index (χ0n) is 14.8. The third kappa shape index (κ3) is 2.03. The number of pyridine rings is 1. The molecule has 0 atom stereocenters. The van der Waals surface area contributed by atoms with Gasteiger partial charge in [-0.25, -0.2) is 0 Å². The van der Waals surface area contributed by atoms with Crippen molar-refractivity contribution in [1.82, 2.24) is 4.98 Å². The summed E-state index contributed by atoms with van der Waals surface area (Å²) < 4.78 is 0. The SMILES string of the molecule is c1ccc(-c2cccc3c2Cc2c-3c3ccccc3c3ccccc23)nc1. The van der Waals surface area contributed by atoms with E-state index in [4.69, 9.17) is 0 Å². The van der Waals surface area contributed by atoms with E-state index >= 15 is 0 Å². The zero-order chi connectivity index (χ0) is 17.8. The number of hydrogen-bond donors (Lipinski definition) is 0. The monoisotopic (exact) mass is 343 g/mol. The van der Waals surface area contributed by atoms with E-state index < -0.39 is 0 Å². The third-order valence-electron chi connectivity index (χ3n) is 5.78. The lowest BCUT2D eigenvalue weighted by Crippen LogP contribution is -1.90. The Morgan fingerprint density at radius 3 is 1.96 bits per heavy atom. The molecule has 0 radical (unpaired) electrons. The lowest BCUT2D eigenvalue weighted by atomic mass is 9.91. The van der Waals surface area contributed by atoms with Crippen LogP contribution < -0.4 is 0 Å². The molecule has 4 aromatic carbocycles. The molecule has 1 aliphatic rings. The van der Waals surface area contributed by atoms with Gasteiger partial charge in [0.05, 0.1) is 5.69 Å². The Labute approximate surface area is 157 Å². The molecule has 0 fully saturated rings. The van der Waals surface area contributed by atoms with Gasteiger partial charge in [-0.15, -0.1) is 0 Å². The van der Waals surface area contributed by atoms with E-state index in [1.165, 1.54) is 49.4 Å². The lowest BCUT2D eigenvalue weighted by molar-refractivity contribution is 1.25. The molecular formula is C26H17N. The van der Waals surface area contributed by atoms with Gasteiger partial charge in [-0.3, -0.25) is 4.98 Å². The number of benzene rings is 4. The van der Waals surface area contributed by atoms with E-state index in [-0.39, 0.29) is 0 Å². The van der Waals surface area contributed by atoms with Crippen LogP contribution in [0.25, 0.3) is 43.9 Å². The van der Waals surface area contributed by atoms with Crippen LogP contribution in [-0.2, 0) is 6.42 Å². The second-order valence-corrected chi connectivity index (χ2v) is 7.17. The Bertz CT molecular complexity index is 1330. The van der Waals surface area contributed by atoms with Crippen LogP contribution in [0.15, 0.2) is 91.1 Å². The van der Waals surface area contributed by atoms with Crippen LogP contribution >= 0.6 is 0 Å². The Morgan fingerprint density at radius 2 is 1.19 bits per heavy atom. The highest BCUT2D eigenvalue weighted by Gasteiger charge is 2.26. The average Bonchev–Trinajstić information content (AvgIpc) is 3.15. The van der Waals surface area contributed by atoms with Crippen LogP contribution in [0.5, 0.6) is 0 Å². The first-order valence-electron chi connectivity index (χ1n) is 9.38. The van der Waals surface area contributed by atoms with Crippen molar-refractivity contribution >= 4 is 21.5 Å². The molecule has 6 rings (SSSR count). The molecule has 1 nitrogen and oxygen atoms in total. The van der Waals surface area contributed by atoms with Crippen molar-refractivity contribution in [2.75, 3.05) is 0 Å². The maximum Gasteiger partial charge on any atom is 0.0705 e. The standard InChI is InChI=1S/C26H17N/c1-2-10-19-17(8-1)18-9-3-4-11-21(18)26-22-13-7-12-20(23(22)16-24(19)26)25-14-5-6-15-27-25/h1-15H,16H2. The van der Waals surface area contributed by atoms with Crippen LogP contribution in [0.1, 0.15) is 11.1 Å². The normalized spacial score (nSPS) is 12.3. The van der Waals surface area contributed by atoms with Gasteiger partial charge in [0.1, 0.15) is 0 Å². The first-order chi connectivity index (χ1) is 13.4. The smallest absolute Gasteiger partial charge is 0.0705 e. The molecule has 0 aliphatic heterocycles. The fourth-order valence-electron chi connectivity index (χ4n) is 4.66. The maximum atomic E-state index is 4.61. The van der Waals surface area contributed by atoms with Gasteiger partial charge in [-0.05, 0) is 62.4 Å². The topological polar surface area (TPSA) is 12.9 Å². The highest BCUT2D eigenvalue weighted by molar-refractivity contribution is 6.17. The minimum absolute atomic E-state index is 0.961. The number of aromatic nitrogens is 1. The van der Waals surface area contributed by atoms with Crippen LogP contribution in [0, 0.1) is 0 Å². The Kier molecular flexibility index (Phi) is 3.00. The molecule has 126 valence electrons. The van der Waals surface area contributed by atoms with Crippen molar-refractivity contribution in [2.24, 2.45) is 0 Å². The van der Waals surface area contributed by atoms with Crippen LogP contribution in [-0.4, -0.2) is 4.98 Å². The summed E-state index contributed by atoms with van der Waals surface area (Å²) in [4.78, 5) is 4.61. The molecule has 0 bridgehead atoms. The molecule has 1 aromatic heterocycles. The minimum atomic E-state index is 0.961. The molecule has 0 N–H and O–H groups in total. The van der Waals surface area contributed by atoms with E-state index in [1.54, 1.807) is 0 Å². The van der Waals surface area contributed by atoms with Crippen molar-refractivity contribution in [3.8, 4) is 22.4 Å². The fraction of sp³-hybridized carbons (Fsp3) is 0.0385. The number of hydrogen-bond acceptors (Lipinski definition) is 1. The molecule has 0 unspecified atom stereocenters. The molecule has 5 aromatic rings. The highest BCUT2D eigenvalue weighted by atomic mass is 14.7. The Balaban J connectivity index is 1.75. The van der Waals surface area contributed by atoms with E-state index in [0.29, 0.717) is 0 Å². The van der Waals surface area contributed by atoms with Gasteiger partial charge in [0.15, 0.2) is 0 Å². The van der Waals surface area contributed by atoms with Gasteiger partial charge in [0.2, 0.25) is 0 Å². The predicted molar refractivity (Wildman–Crippen MR) is 113 cm³/mol. The van der Waals surface area contributed by atoms with Crippen molar-refractivity contribution in [2.45, 2.75) is 6.42 Å². The summed E-state index contributed by atoms with van der Waals surface area (Å²) in [5.41, 5.74) is 7.90. The molecular weight excluding hydrogens is 326 g/mol. The number of nitrogens with zero attached hydrogens (tertiary/aromatic N) is 1. The van der Waals surface area contributed by atoms with Gasteiger partial charge < -0.3 is 0 Å². The largest absolute Gasteiger partial charge is 0.256 e.